The fraction of sp³-hybridized carbons (Fsp3) is 0.364. The van der Waals surface area contributed by atoms with Gasteiger partial charge in [-0.25, -0.2) is 36.5 Å². The molecule has 3 rings (SSSR count). The first-order valence-electron chi connectivity index (χ1n) is 12.0. The van der Waals surface area contributed by atoms with Crippen molar-refractivity contribution in [2.75, 3.05) is 13.1 Å². The molecule has 0 aliphatic heterocycles. The number of urea groups is 1. The predicted molar refractivity (Wildman–Crippen MR) is 144 cm³/mol. The molecule has 0 spiro atoms. The Kier molecular flexibility index (Phi) is 9.18. The summed E-state index contributed by atoms with van der Waals surface area (Å²) >= 11 is 0. The SMILES string of the molecule is CCCCNS(=O)(=O)c1cc2c(c([N+](=O)[O-])c1)-c1c(cc(S(=O)(=O)NCCCC)cc1[N+](=O)[O-])C2=NNC(N)=O. The number of hydrogen-bond acceptors (Lipinski definition) is 10. The number of rotatable bonds is 13. The molecule has 0 saturated carbocycles. The topological polar surface area (TPSA) is 246 Å². The average Bonchev–Trinajstić information content (AvgIpc) is 3.19. The van der Waals surface area contributed by atoms with Crippen molar-refractivity contribution in [3.05, 3.63) is 55.6 Å². The Morgan fingerprint density at radius 2 is 1.23 bits per heavy atom. The van der Waals surface area contributed by atoms with Crippen molar-refractivity contribution < 1.29 is 31.5 Å². The number of unbranched alkanes of at least 4 members (excludes halogenated alkanes) is 2. The lowest BCUT2D eigenvalue weighted by Crippen LogP contribution is -2.27. The number of nitro benzene ring substituents is 2. The van der Waals surface area contributed by atoms with Crippen molar-refractivity contribution >= 4 is 43.2 Å². The molecule has 1 aliphatic carbocycles. The second-order valence-electron chi connectivity index (χ2n) is 8.68. The summed E-state index contributed by atoms with van der Waals surface area (Å²) in [4.78, 5) is 32.8. The van der Waals surface area contributed by atoms with E-state index in [2.05, 4.69) is 14.5 Å². The second-order valence-corrected chi connectivity index (χ2v) is 12.2. The van der Waals surface area contributed by atoms with Gasteiger partial charge < -0.3 is 5.73 Å². The third-order valence-electron chi connectivity index (χ3n) is 5.88. The van der Waals surface area contributed by atoms with E-state index in [1.807, 2.05) is 19.3 Å². The first-order chi connectivity index (χ1) is 18.7. The molecule has 0 saturated heterocycles. The van der Waals surface area contributed by atoms with E-state index in [4.69, 9.17) is 5.73 Å². The Balaban J connectivity index is 2.39. The lowest BCUT2D eigenvalue weighted by molar-refractivity contribution is -0.386. The van der Waals surface area contributed by atoms with Crippen LogP contribution < -0.4 is 20.6 Å². The standard InChI is InChI=1S/C22H27N7O9S2/c1-3-5-7-24-39(35,36)13-9-15-19(17(11-13)28(31)32)20-16(21(15)26-27-22(23)30)10-14(12-18(20)29(33)34)40(37,38)25-8-6-4-2/h9-12,24-25H,3-8H2,1-2H3,(H3,23,27,30). The zero-order chi connectivity index (χ0) is 29.8. The molecular weight excluding hydrogens is 570 g/mol. The summed E-state index contributed by atoms with van der Waals surface area (Å²) in [5.41, 5.74) is 3.82. The number of sulfonamides is 2. The van der Waals surface area contributed by atoms with E-state index < -0.39 is 57.1 Å². The molecule has 1 aliphatic rings. The van der Waals surface area contributed by atoms with Gasteiger partial charge in [0.25, 0.3) is 11.4 Å². The Morgan fingerprint density at radius 3 is 1.55 bits per heavy atom. The van der Waals surface area contributed by atoms with E-state index in [0.29, 0.717) is 25.7 Å². The molecule has 0 radical (unpaired) electrons. The van der Waals surface area contributed by atoms with E-state index in [9.17, 15) is 41.9 Å². The van der Waals surface area contributed by atoms with E-state index in [1.54, 1.807) is 0 Å². The van der Waals surface area contributed by atoms with Crippen molar-refractivity contribution in [1.82, 2.24) is 14.9 Å². The van der Waals surface area contributed by atoms with Gasteiger partial charge in [0.1, 0.15) is 0 Å². The van der Waals surface area contributed by atoms with Gasteiger partial charge in [0.15, 0.2) is 0 Å². The molecule has 0 heterocycles. The van der Waals surface area contributed by atoms with Crippen LogP contribution in [0.1, 0.15) is 50.7 Å². The highest BCUT2D eigenvalue weighted by Crippen LogP contribution is 2.49. The number of carbonyl (C=O) groups is 1. The first kappa shape index (κ1) is 30.5. The first-order valence-corrected chi connectivity index (χ1v) is 15.0. The van der Waals surface area contributed by atoms with Crippen LogP contribution in [0.3, 0.4) is 0 Å². The minimum atomic E-state index is -4.28. The molecule has 18 heteroatoms. The van der Waals surface area contributed by atoms with Crippen LogP contribution in [-0.4, -0.2) is 51.5 Å². The predicted octanol–water partition coefficient (Wildman–Crippen LogP) is 2.06. The number of nitrogens with zero attached hydrogens (tertiary/aromatic N) is 3. The smallest absolute Gasteiger partial charge is 0.332 e. The van der Waals surface area contributed by atoms with E-state index in [1.165, 1.54) is 0 Å². The molecule has 0 aromatic heterocycles. The van der Waals surface area contributed by atoms with Gasteiger partial charge in [-0.15, -0.1) is 0 Å². The summed E-state index contributed by atoms with van der Waals surface area (Å²) in [5, 5.41) is 28.1. The van der Waals surface area contributed by atoms with Crippen LogP contribution in [0.25, 0.3) is 11.1 Å². The molecule has 216 valence electrons. The molecule has 0 fully saturated rings. The molecule has 16 nitrogen and oxygen atoms in total. The number of benzene rings is 2. The summed E-state index contributed by atoms with van der Waals surface area (Å²) in [6.45, 7) is 3.76. The molecule has 0 unspecified atom stereocenters. The Bertz CT molecular complexity index is 1510. The van der Waals surface area contributed by atoms with Gasteiger partial charge in [0.2, 0.25) is 20.0 Å². The van der Waals surface area contributed by atoms with Gasteiger partial charge in [-0.05, 0) is 25.0 Å². The van der Waals surface area contributed by atoms with Crippen LogP contribution >= 0.6 is 0 Å². The number of amides is 2. The van der Waals surface area contributed by atoms with Gasteiger partial charge >= 0.3 is 6.03 Å². The molecule has 0 atom stereocenters. The van der Waals surface area contributed by atoms with Crippen molar-refractivity contribution in [3.63, 3.8) is 0 Å². The van der Waals surface area contributed by atoms with Crippen LogP contribution in [0.15, 0.2) is 39.2 Å². The molecule has 5 N–H and O–H groups in total. The summed E-state index contributed by atoms with van der Waals surface area (Å²) in [7, 11) is -8.57. The number of nitrogens with one attached hydrogen (secondary N) is 3. The van der Waals surface area contributed by atoms with Gasteiger partial charge in [0, 0.05) is 36.3 Å². The van der Waals surface area contributed by atoms with Crippen LogP contribution in [0.2, 0.25) is 0 Å². The maximum atomic E-state index is 13.0. The molecule has 0 bridgehead atoms. The molecule has 2 aromatic carbocycles. The number of carbonyl (C=O) groups excluding carboxylic acids is 1. The quantitative estimate of drug-likeness (QED) is 0.128. The van der Waals surface area contributed by atoms with Crippen LogP contribution in [0.5, 0.6) is 0 Å². The maximum Gasteiger partial charge on any atom is 0.332 e. The maximum absolute atomic E-state index is 13.0. The Morgan fingerprint density at radius 1 is 0.825 bits per heavy atom. The van der Waals surface area contributed by atoms with Gasteiger partial charge in [-0.3, -0.25) is 20.2 Å². The van der Waals surface area contributed by atoms with Crippen molar-refractivity contribution in [2.24, 2.45) is 10.8 Å². The van der Waals surface area contributed by atoms with Crippen molar-refractivity contribution in [1.29, 1.82) is 0 Å². The normalized spacial score (nSPS) is 12.5. The minimum absolute atomic E-state index is 0.0475. The highest BCUT2D eigenvalue weighted by atomic mass is 32.2. The lowest BCUT2D eigenvalue weighted by Gasteiger charge is -2.10. The van der Waals surface area contributed by atoms with Crippen molar-refractivity contribution in [2.45, 2.75) is 49.3 Å². The fourth-order valence-electron chi connectivity index (χ4n) is 4.01. The minimum Gasteiger partial charge on any atom is -0.350 e. The largest absolute Gasteiger partial charge is 0.350 e. The van der Waals surface area contributed by atoms with E-state index >= 15 is 0 Å². The monoisotopic (exact) mass is 597 g/mol. The number of nitrogens with two attached hydrogens (primary N) is 1. The van der Waals surface area contributed by atoms with Crippen LogP contribution in [-0.2, 0) is 20.0 Å². The number of fused-ring (bicyclic) bond motifs is 3. The van der Waals surface area contributed by atoms with Gasteiger partial charge in [-0.2, -0.15) is 5.10 Å². The summed E-state index contributed by atoms with van der Waals surface area (Å²) in [6, 6.07) is 2.36. The zero-order valence-corrected chi connectivity index (χ0v) is 23.1. The lowest BCUT2D eigenvalue weighted by atomic mass is 10.0. The third kappa shape index (κ3) is 6.24. The Labute approximate surface area is 229 Å². The van der Waals surface area contributed by atoms with Crippen molar-refractivity contribution in [3.8, 4) is 11.1 Å². The highest BCUT2D eigenvalue weighted by Gasteiger charge is 2.41. The number of hydrazone groups is 1. The number of nitro groups is 2. The van der Waals surface area contributed by atoms with Crippen LogP contribution in [0.4, 0.5) is 16.2 Å². The van der Waals surface area contributed by atoms with Gasteiger partial charge in [0.05, 0.1) is 36.5 Å². The zero-order valence-electron chi connectivity index (χ0n) is 21.5. The molecule has 40 heavy (non-hydrogen) atoms. The average molecular weight is 598 g/mol. The Hall–Kier alpha value is -4.00. The summed E-state index contributed by atoms with van der Waals surface area (Å²) in [6.07, 6.45) is 2.31. The summed E-state index contributed by atoms with van der Waals surface area (Å²) in [5.74, 6) is 0. The molecular formula is C22H27N7O9S2. The van der Waals surface area contributed by atoms with E-state index in [-0.39, 0.29) is 41.1 Å². The second kappa shape index (κ2) is 12.0. The third-order valence-corrected chi connectivity index (χ3v) is 8.76. The number of primary amides is 1. The van der Waals surface area contributed by atoms with E-state index in [0.717, 1.165) is 24.3 Å². The van der Waals surface area contributed by atoms with Gasteiger partial charge in [-0.1, -0.05) is 26.7 Å². The summed E-state index contributed by atoms with van der Waals surface area (Å²) < 4.78 is 56.5. The highest BCUT2D eigenvalue weighted by molar-refractivity contribution is 7.89. The van der Waals surface area contributed by atoms with Crippen LogP contribution in [0, 0.1) is 20.2 Å². The molecule has 2 aromatic rings. The fourth-order valence-corrected chi connectivity index (χ4v) is 6.25. The molecule has 2 amide bonds. The number of hydrogen-bond donors (Lipinski definition) is 4.